The standard InChI is InChI=1S/C6H8N2OS.ClH/c1-2-9-6(10)8-4-3-7-5-8;/h3-5H,2H2,1H3;1H. The fourth-order valence-electron chi connectivity index (χ4n) is 0.565. The molecule has 1 rings (SSSR count). The Morgan fingerprint density at radius 3 is 2.91 bits per heavy atom. The molecular formula is C6H9ClN2OS. The van der Waals surface area contributed by atoms with E-state index >= 15 is 0 Å². The van der Waals surface area contributed by atoms with Crippen molar-refractivity contribution >= 4 is 29.8 Å². The number of rotatable bonds is 1. The molecule has 11 heavy (non-hydrogen) atoms. The van der Waals surface area contributed by atoms with Gasteiger partial charge in [-0.15, -0.1) is 12.4 Å². The fourth-order valence-corrected chi connectivity index (χ4v) is 0.791. The Labute approximate surface area is 76.8 Å². The number of hydrogen-bond donors (Lipinski definition) is 0. The molecule has 5 heteroatoms. The zero-order chi connectivity index (χ0) is 7.40. The average molecular weight is 193 g/mol. The minimum Gasteiger partial charge on any atom is -0.471 e. The van der Waals surface area contributed by atoms with Gasteiger partial charge in [0.1, 0.15) is 6.33 Å². The van der Waals surface area contributed by atoms with Crippen LogP contribution in [0.5, 0.6) is 0 Å². The fraction of sp³-hybridized carbons (Fsp3) is 0.333. The number of aromatic nitrogens is 2. The van der Waals surface area contributed by atoms with E-state index in [0.717, 1.165) is 0 Å². The molecule has 0 saturated heterocycles. The van der Waals surface area contributed by atoms with Crippen molar-refractivity contribution in [2.24, 2.45) is 0 Å². The van der Waals surface area contributed by atoms with Crippen LogP contribution in [0, 0.1) is 0 Å². The van der Waals surface area contributed by atoms with Gasteiger partial charge in [-0.05, 0) is 19.1 Å². The molecule has 0 unspecified atom stereocenters. The Hall–Kier alpha value is -0.610. The molecule has 0 aliphatic heterocycles. The van der Waals surface area contributed by atoms with Gasteiger partial charge in [-0.2, -0.15) is 0 Å². The van der Waals surface area contributed by atoms with Crippen LogP contribution in [0.15, 0.2) is 18.7 Å². The van der Waals surface area contributed by atoms with Crippen molar-refractivity contribution in [2.75, 3.05) is 6.61 Å². The minimum atomic E-state index is 0. The van der Waals surface area contributed by atoms with E-state index in [1.54, 1.807) is 23.3 Å². The molecule has 1 aromatic heterocycles. The Morgan fingerprint density at radius 2 is 2.45 bits per heavy atom. The maximum atomic E-state index is 5.04. The number of ether oxygens (including phenoxy) is 1. The zero-order valence-corrected chi connectivity index (χ0v) is 7.69. The molecule has 0 spiro atoms. The Morgan fingerprint density at radius 1 is 1.73 bits per heavy atom. The number of nitrogens with zero attached hydrogens (tertiary/aromatic N) is 2. The lowest BCUT2D eigenvalue weighted by Gasteiger charge is -2.02. The Kier molecular flexibility index (Phi) is 4.81. The molecule has 0 aromatic carbocycles. The zero-order valence-electron chi connectivity index (χ0n) is 6.06. The highest BCUT2D eigenvalue weighted by Gasteiger charge is 1.95. The Bertz CT molecular complexity index is 212. The lowest BCUT2D eigenvalue weighted by Crippen LogP contribution is -2.10. The lowest BCUT2D eigenvalue weighted by molar-refractivity contribution is 0.323. The van der Waals surface area contributed by atoms with E-state index in [0.29, 0.717) is 11.8 Å². The molecule has 1 heterocycles. The molecule has 0 fully saturated rings. The van der Waals surface area contributed by atoms with Gasteiger partial charge in [0.15, 0.2) is 0 Å². The summed E-state index contributed by atoms with van der Waals surface area (Å²) in [5.74, 6) is 0. The molecule has 1 aromatic rings. The predicted molar refractivity (Wildman–Crippen MR) is 49.1 cm³/mol. The van der Waals surface area contributed by atoms with Crippen molar-refractivity contribution in [1.29, 1.82) is 0 Å². The maximum absolute atomic E-state index is 5.04. The normalized spacial score (nSPS) is 8.45. The van der Waals surface area contributed by atoms with E-state index in [4.69, 9.17) is 17.0 Å². The SMILES string of the molecule is CCOC(=S)n1ccnc1.Cl. The summed E-state index contributed by atoms with van der Waals surface area (Å²) in [4.78, 5) is 3.82. The smallest absolute Gasteiger partial charge is 0.268 e. The number of halogens is 1. The van der Waals surface area contributed by atoms with Crippen LogP contribution in [0.1, 0.15) is 6.92 Å². The molecule has 0 bridgehead atoms. The summed E-state index contributed by atoms with van der Waals surface area (Å²) < 4.78 is 6.69. The van der Waals surface area contributed by atoms with E-state index < -0.39 is 0 Å². The summed E-state index contributed by atoms with van der Waals surface area (Å²) in [7, 11) is 0. The second-order valence-electron chi connectivity index (χ2n) is 1.67. The summed E-state index contributed by atoms with van der Waals surface area (Å²) in [5.41, 5.74) is 0. The third-order valence-corrected chi connectivity index (χ3v) is 1.31. The van der Waals surface area contributed by atoms with E-state index in [2.05, 4.69) is 4.98 Å². The van der Waals surface area contributed by atoms with Gasteiger partial charge in [0, 0.05) is 12.4 Å². The van der Waals surface area contributed by atoms with Gasteiger partial charge in [0.2, 0.25) is 0 Å². The minimum absolute atomic E-state index is 0. The summed E-state index contributed by atoms with van der Waals surface area (Å²) in [6.07, 6.45) is 5.02. The number of hydrogen-bond acceptors (Lipinski definition) is 3. The predicted octanol–water partition coefficient (Wildman–Crippen LogP) is 1.47. The van der Waals surface area contributed by atoms with E-state index in [-0.39, 0.29) is 12.4 Å². The highest BCUT2D eigenvalue weighted by molar-refractivity contribution is 7.80. The molecule has 0 N–H and O–H groups in total. The monoisotopic (exact) mass is 192 g/mol. The van der Waals surface area contributed by atoms with Crippen molar-refractivity contribution in [3.63, 3.8) is 0 Å². The van der Waals surface area contributed by atoms with Crippen LogP contribution < -0.4 is 0 Å². The van der Waals surface area contributed by atoms with Gasteiger partial charge < -0.3 is 4.74 Å². The van der Waals surface area contributed by atoms with Crippen molar-refractivity contribution in [3.05, 3.63) is 18.7 Å². The summed E-state index contributed by atoms with van der Waals surface area (Å²) >= 11 is 4.87. The first-order valence-corrected chi connectivity index (χ1v) is 3.40. The Balaban J connectivity index is 0.000001000. The first kappa shape index (κ1) is 10.4. The van der Waals surface area contributed by atoms with E-state index in [1.165, 1.54) is 0 Å². The highest BCUT2D eigenvalue weighted by atomic mass is 35.5. The van der Waals surface area contributed by atoms with E-state index in [9.17, 15) is 0 Å². The van der Waals surface area contributed by atoms with Crippen LogP contribution in [0.2, 0.25) is 0 Å². The van der Waals surface area contributed by atoms with Crippen molar-refractivity contribution in [1.82, 2.24) is 9.55 Å². The van der Waals surface area contributed by atoms with Crippen LogP contribution >= 0.6 is 24.6 Å². The van der Waals surface area contributed by atoms with Gasteiger partial charge in [0.25, 0.3) is 5.17 Å². The van der Waals surface area contributed by atoms with Crippen molar-refractivity contribution < 1.29 is 4.74 Å². The first-order chi connectivity index (χ1) is 4.84. The van der Waals surface area contributed by atoms with Crippen LogP contribution in [-0.2, 0) is 4.74 Å². The molecule has 0 aliphatic rings. The quantitative estimate of drug-likeness (QED) is 0.631. The second-order valence-corrected chi connectivity index (χ2v) is 2.02. The maximum Gasteiger partial charge on any atom is 0.268 e. The van der Waals surface area contributed by atoms with E-state index in [1.807, 2.05) is 6.92 Å². The summed E-state index contributed by atoms with van der Waals surface area (Å²) in [6, 6.07) is 0. The van der Waals surface area contributed by atoms with Gasteiger partial charge in [-0.3, -0.25) is 4.57 Å². The lowest BCUT2D eigenvalue weighted by atomic mass is 10.8. The van der Waals surface area contributed by atoms with Crippen LogP contribution in [-0.4, -0.2) is 21.3 Å². The third-order valence-electron chi connectivity index (χ3n) is 0.983. The first-order valence-electron chi connectivity index (χ1n) is 2.99. The topological polar surface area (TPSA) is 27.1 Å². The largest absolute Gasteiger partial charge is 0.471 e. The van der Waals surface area contributed by atoms with Crippen molar-refractivity contribution in [2.45, 2.75) is 6.92 Å². The molecule has 0 amide bonds. The molecule has 0 radical (unpaired) electrons. The molecule has 3 nitrogen and oxygen atoms in total. The molecule has 0 atom stereocenters. The molecular weight excluding hydrogens is 184 g/mol. The second kappa shape index (κ2) is 5.09. The summed E-state index contributed by atoms with van der Waals surface area (Å²) in [5, 5.41) is 0.444. The number of thiocarbonyl (C=S) groups is 1. The molecule has 62 valence electrons. The van der Waals surface area contributed by atoms with Gasteiger partial charge in [-0.25, -0.2) is 4.98 Å². The third kappa shape index (κ3) is 2.86. The molecule has 0 saturated carbocycles. The van der Waals surface area contributed by atoms with Crippen LogP contribution in [0.3, 0.4) is 0 Å². The molecule has 0 aliphatic carbocycles. The van der Waals surface area contributed by atoms with Crippen LogP contribution in [0.25, 0.3) is 0 Å². The van der Waals surface area contributed by atoms with Crippen LogP contribution in [0.4, 0.5) is 0 Å². The highest BCUT2D eigenvalue weighted by Crippen LogP contribution is 1.89. The van der Waals surface area contributed by atoms with Gasteiger partial charge in [0.05, 0.1) is 6.61 Å². The average Bonchev–Trinajstić information content (AvgIpc) is 2.38. The van der Waals surface area contributed by atoms with Gasteiger partial charge >= 0.3 is 0 Å². The summed E-state index contributed by atoms with van der Waals surface area (Å²) in [6.45, 7) is 2.49. The van der Waals surface area contributed by atoms with Gasteiger partial charge in [-0.1, -0.05) is 0 Å². The van der Waals surface area contributed by atoms with Crippen molar-refractivity contribution in [3.8, 4) is 0 Å². The number of imidazole rings is 1.